The average molecular weight is 319 g/mol. The van der Waals surface area contributed by atoms with Crippen LogP contribution in [0.1, 0.15) is 31.4 Å². The van der Waals surface area contributed by atoms with Gasteiger partial charge in [-0.2, -0.15) is 0 Å². The lowest BCUT2D eigenvalue weighted by atomic mass is 10.0. The predicted octanol–water partition coefficient (Wildman–Crippen LogP) is 1.25. The summed E-state index contributed by atoms with van der Waals surface area (Å²) in [5.74, 6) is -0.0177. The number of benzene rings is 1. The fourth-order valence-corrected chi connectivity index (χ4v) is 2.99. The topological polar surface area (TPSA) is 55.8 Å². The highest BCUT2D eigenvalue weighted by molar-refractivity contribution is 5.83. The minimum Gasteiger partial charge on any atom is -0.391 e. The van der Waals surface area contributed by atoms with Gasteiger partial charge in [0.1, 0.15) is 6.04 Å². The van der Waals surface area contributed by atoms with Crippen molar-refractivity contribution >= 4 is 5.91 Å². The van der Waals surface area contributed by atoms with Gasteiger partial charge >= 0.3 is 0 Å². The number of hydrogen-bond donors (Lipinski definition) is 2. The number of hydrogen-bond acceptors (Lipinski definition) is 4. The first-order valence-electron chi connectivity index (χ1n) is 8.55. The number of rotatable bonds is 7. The van der Waals surface area contributed by atoms with Crippen molar-refractivity contribution in [3.05, 3.63) is 35.9 Å². The van der Waals surface area contributed by atoms with Crippen LogP contribution in [0.2, 0.25) is 0 Å². The van der Waals surface area contributed by atoms with Crippen LogP contribution in [-0.4, -0.2) is 66.7 Å². The maximum Gasteiger partial charge on any atom is 0.242 e. The summed E-state index contributed by atoms with van der Waals surface area (Å²) in [4.78, 5) is 17.3. The molecule has 5 heteroatoms. The van der Waals surface area contributed by atoms with E-state index in [4.69, 9.17) is 0 Å². The minimum atomic E-state index is -0.465. The number of nitrogens with zero attached hydrogens (tertiary/aromatic N) is 2. The molecule has 0 aromatic heterocycles. The molecule has 0 bridgehead atoms. The molecule has 1 amide bonds. The summed E-state index contributed by atoms with van der Waals surface area (Å²) in [6.45, 7) is 6.04. The molecule has 5 nitrogen and oxygen atoms in total. The van der Waals surface area contributed by atoms with E-state index in [0.717, 1.165) is 38.2 Å². The van der Waals surface area contributed by atoms with E-state index < -0.39 is 6.10 Å². The minimum absolute atomic E-state index is 0.0177. The Kier molecular flexibility index (Phi) is 7.02. The lowest BCUT2D eigenvalue weighted by Gasteiger charge is -2.37. The van der Waals surface area contributed by atoms with Crippen molar-refractivity contribution in [3.8, 4) is 0 Å². The fraction of sp³-hybridized carbons (Fsp3) is 0.611. The molecule has 0 spiro atoms. The number of nitrogens with one attached hydrogen (secondary N) is 1. The van der Waals surface area contributed by atoms with E-state index in [0.29, 0.717) is 13.0 Å². The van der Waals surface area contributed by atoms with Crippen LogP contribution in [0.3, 0.4) is 0 Å². The zero-order chi connectivity index (χ0) is 16.7. The van der Waals surface area contributed by atoms with Gasteiger partial charge in [0.2, 0.25) is 5.91 Å². The molecule has 1 aromatic rings. The molecule has 1 heterocycles. The standard InChI is InChI=1S/C18H29N3O2/c1-3-7-16(22)14-19-18(23)17(15-8-5-4-6-9-15)21-12-10-20(2)11-13-21/h4-6,8-9,16-17,22H,3,7,10-14H2,1-2H3,(H,19,23). The first-order valence-corrected chi connectivity index (χ1v) is 8.55. The second kappa shape index (κ2) is 9.01. The second-order valence-electron chi connectivity index (χ2n) is 6.34. The zero-order valence-electron chi connectivity index (χ0n) is 14.2. The molecule has 23 heavy (non-hydrogen) atoms. The van der Waals surface area contributed by atoms with E-state index in [1.54, 1.807) is 0 Å². The van der Waals surface area contributed by atoms with Crippen LogP contribution in [0.15, 0.2) is 30.3 Å². The lowest BCUT2D eigenvalue weighted by molar-refractivity contribution is -0.128. The van der Waals surface area contributed by atoms with E-state index in [1.165, 1.54) is 0 Å². The van der Waals surface area contributed by atoms with Crippen molar-refractivity contribution in [2.24, 2.45) is 0 Å². The first-order chi connectivity index (χ1) is 11.1. The molecule has 2 unspecified atom stereocenters. The molecule has 2 rings (SSSR count). The van der Waals surface area contributed by atoms with E-state index >= 15 is 0 Å². The molecule has 1 saturated heterocycles. The molecule has 1 fully saturated rings. The molecule has 1 aliphatic heterocycles. The third kappa shape index (κ3) is 5.30. The number of amides is 1. The van der Waals surface area contributed by atoms with Gasteiger partial charge in [-0.05, 0) is 19.0 Å². The first kappa shape index (κ1) is 17.9. The van der Waals surface area contributed by atoms with Gasteiger partial charge in [0, 0.05) is 32.7 Å². The smallest absolute Gasteiger partial charge is 0.242 e. The number of aliphatic hydroxyl groups excluding tert-OH is 1. The molecule has 0 radical (unpaired) electrons. The van der Waals surface area contributed by atoms with Crippen LogP contribution in [-0.2, 0) is 4.79 Å². The fourth-order valence-electron chi connectivity index (χ4n) is 2.99. The third-order valence-corrected chi connectivity index (χ3v) is 4.40. The van der Waals surface area contributed by atoms with Crippen molar-refractivity contribution < 1.29 is 9.90 Å². The highest BCUT2D eigenvalue weighted by atomic mass is 16.3. The number of carbonyl (C=O) groups is 1. The molecule has 0 saturated carbocycles. The molecule has 0 aliphatic carbocycles. The Labute approximate surface area is 139 Å². The zero-order valence-corrected chi connectivity index (χ0v) is 14.2. The average Bonchev–Trinajstić information content (AvgIpc) is 2.56. The van der Waals surface area contributed by atoms with Crippen LogP contribution >= 0.6 is 0 Å². The Morgan fingerprint density at radius 3 is 2.48 bits per heavy atom. The Hall–Kier alpha value is -1.43. The normalized spacial score (nSPS) is 19.3. The SMILES string of the molecule is CCCC(O)CNC(=O)C(c1ccccc1)N1CCN(C)CC1. The van der Waals surface area contributed by atoms with E-state index in [2.05, 4.69) is 22.2 Å². The van der Waals surface area contributed by atoms with Gasteiger partial charge in [0.25, 0.3) is 0 Å². The summed E-state index contributed by atoms with van der Waals surface area (Å²) in [5, 5.41) is 12.8. The maximum atomic E-state index is 12.8. The van der Waals surface area contributed by atoms with Gasteiger partial charge in [0.15, 0.2) is 0 Å². The Bertz CT molecular complexity index is 472. The van der Waals surface area contributed by atoms with Gasteiger partial charge < -0.3 is 15.3 Å². The number of aliphatic hydroxyl groups is 1. The quantitative estimate of drug-likeness (QED) is 0.794. The summed E-state index contributed by atoms with van der Waals surface area (Å²) < 4.78 is 0. The predicted molar refractivity (Wildman–Crippen MR) is 92.2 cm³/mol. The van der Waals surface area contributed by atoms with Gasteiger partial charge in [-0.25, -0.2) is 0 Å². The maximum absolute atomic E-state index is 12.8. The summed E-state index contributed by atoms with van der Waals surface area (Å²) in [6, 6.07) is 9.64. The Balaban J connectivity index is 2.05. The number of carbonyl (C=O) groups excluding carboxylic acids is 1. The van der Waals surface area contributed by atoms with E-state index in [-0.39, 0.29) is 11.9 Å². The van der Waals surface area contributed by atoms with Crippen LogP contribution in [0.4, 0.5) is 0 Å². The molecule has 2 N–H and O–H groups in total. The van der Waals surface area contributed by atoms with Gasteiger partial charge in [0.05, 0.1) is 6.10 Å². The van der Waals surface area contributed by atoms with Crippen molar-refractivity contribution in [1.82, 2.24) is 15.1 Å². The van der Waals surface area contributed by atoms with Crippen LogP contribution in [0.5, 0.6) is 0 Å². The molecule has 128 valence electrons. The summed E-state index contributed by atoms with van der Waals surface area (Å²) in [7, 11) is 2.11. The highest BCUT2D eigenvalue weighted by Crippen LogP contribution is 2.22. The monoisotopic (exact) mass is 319 g/mol. The highest BCUT2D eigenvalue weighted by Gasteiger charge is 2.29. The van der Waals surface area contributed by atoms with Gasteiger partial charge in [-0.15, -0.1) is 0 Å². The number of likely N-dealkylation sites (N-methyl/N-ethyl adjacent to an activating group) is 1. The molecule has 1 aromatic carbocycles. The van der Waals surface area contributed by atoms with Crippen molar-refractivity contribution in [1.29, 1.82) is 0 Å². The molecular formula is C18H29N3O2. The number of piperazine rings is 1. The van der Waals surface area contributed by atoms with E-state index in [9.17, 15) is 9.90 Å². The molecular weight excluding hydrogens is 290 g/mol. The van der Waals surface area contributed by atoms with E-state index in [1.807, 2.05) is 37.3 Å². The molecule has 2 atom stereocenters. The summed E-state index contributed by atoms with van der Waals surface area (Å²) >= 11 is 0. The van der Waals surface area contributed by atoms with Crippen molar-refractivity contribution in [2.45, 2.75) is 31.9 Å². The van der Waals surface area contributed by atoms with Crippen molar-refractivity contribution in [3.63, 3.8) is 0 Å². The summed E-state index contributed by atoms with van der Waals surface area (Å²) in [5.41, 5.74) is 1.01. The second-order valence-corrected chi connectivity index (χ2v) is 6.34. The van der Waals surface area contributed by atoms with Crippen LogP contribution in [0.25, 0.3) is 0 Å². The lowest BCUT2D eigenvalue weighted by Crippen LogP contribution is -2.50. The van der Waals surface area contributed by atoms with Gasteiger partial charge in [-0.1, -0.05) is 43.7 Å². The third-order valence-electron chi connectivity index (χ3n) is 4.40. The van der Waals surface area contributed by atoms with Gasteiger partial charge in [-0.3, -0.25) is 9.69 Å². The largest absolute Gasteiger partial charge is 0.391 e. The van der Waals surface area contributed by atoms with Crippen LogP contribution < -0.4 is 5.32 Å². The summed E-state index contributed by atoms with van der Waals surface area (Å²) in [6.07, 6.45) is 1.16. The molecule has 1 aliphatic rings. The Morgan fingerprint density at radius 2 is 1.87 bits per heavy atom. The van der Waals surface area contributed by atoms with Crippen molar-refractivity contribution in [2.75, 3.05) is 39.8 Å². The van der Waals surface area contributed by atoms with Crippen LogP contribution in [0, 0.1) is 0 Å². The Morgan fingerprint density at radius 1 is 1.22 bits per heavy atom.